The lowest BCUT2D eigenvalue weighted by Crippen LogP contribution is -2.32. The summed E-state index contributed by atoms with van der Waals surface area (Å²) in [4.78, 5) is 16.6. The van der Waals surface area contributed by atoms with E-state index in [0.717, 1.165) is 0 Å². The van der Waals surface area contributed by atoms with Crippen molar-refractivity contribution < 1.29 is 9.63 Å². The van der Waals surface area contributed by atoms with Crippen LogP contribution in [0.15, 0.2) is 5.16 Å². The number of alkyl halides is 2. The van der Waals surface area contributed by atoms with Crippen LogP contribution in [0.3, 0.4) is 0 Å². The highest BCUT2D eigenvalue weighted by Gasteiger charge is 2.52. The molecule has 0 aromatic carbocycles. The zero-order chi connectivity index (χ0) is 11.9. The van der Waals surface area contributed by atoms with E-state index in [2.05, 4.69) is 10.6 Å². The number of carbonyl (C=O) groups is 1. The van der Waals surface area contributed by atoms with E-state index in [1.54, 1.807) is 7.05 Å². The Labute approximate surface area is 104 Å². The van der Waals surface area contributed by atoms with E-state index in [-0.39, 0.29) is 17.9 Å². The summed E-state index contributed by atoms with van der Waals surface area (Å²) in [6.07, 6.45) is 0.711. The van der Waals surface area contributed by atoms with Gasteiger partial charge in [0.15, 0.2) is 5.71 Å². The molecule has 1 heterocycles. The third-order valence-corrected chi connectivity index (χ3v) is 3.64. The molecule has 1 aliphatic carbocycles. The second-order valence-electron chi connectivity index (χ2n) is 4.15. The number of hydrogen-bond acceptors (Lipinski definition) is 4. The van der Waals surface area contributed by atoms with Gasteiger partial charge >= 0.3 is 0 Å². The van der Waals surface area contributed by atoms with Gasteiger partial charge < -0.3 is 4.84 Å². The van der Waals surface area contributed by atoms with Crippen LogP contribution < -0.4 is 5.43 Å². The van der Waals surface area contributed by atoms with Crippen molar-refractivity contribution in [3.05, 3.63) is 0 Å². The van der Waals surface area contributed by atoms with Gasteiger partial charge in [-0.2, -0.15) is 0 Å². The number of oxime groups is 1. The molecule has 1 saturated heterocycles. The van der Waals surface area contributed by atoms with Crippen LogP contribution in [-0.2, 0) is 9.63 Å². The van der Waals surface area contributed by atoms with Gasteiger partial charge in [-0.05, 0) is 13.3 Å². The first-order valence-corrected chi connectivity index (χ1v) is 5.79. The number of halogens is 2. The predicted octanol–water partition coefficient (Wildman–Crippen LogP) is 0.918. The van der Waals surface area contributed by atoms with Crippen LogP contribution in [0, 0.1) is 5.92 Å². The molecule has 1 aliphatic heterocycles. The van der Waals surface area contributed by atoms with E-state index in [1.165, 1.54) is 5.01 Å². The van der Waals surface area contributed by atoms with Gasteiger partial charge in [0, 0.05) is 13.0 Å². The summed E-state index contributed by atoms with van der Waals surface area (Å²) in [5, 5.41) is 5.21. The fraction of sp³-hybridized carbons (Fsp3) is 0.778. The highest BCUT2D eigenvalue weighted by atomic mass is 35.5. The minimum absolute atomic E-state index is 0.109. The molecule has 0 aromatic heterocycles. The quantitative estimate of drug-likeness (QED) is 0.610. The molecular weight excluding hydrogens is 253 g/mol. The minimum atomic E-state index is -0.666. The maximum absolute atomic E-state index is 11.5. The van der Waals surface area contributed by atoms with Gasteiger partial charge in [0.05, 0.1) is 6.04 Å². The molecule has 0 spiro atoms. The SMILES string of the molecule is CC1NN(C)C(=O)C1=NOCC1CC1(Cl)Cl. The number of hydrogen-bond donors (Lipinski definition) is 1. The Morgan fingerprint density at radius 1 is 1.69 bits per heavy atom. The van der Waals surface area contributed by atoms with E-state index in [0.29, 0.717) is 18.7 Å². The third kappa shape index (κ3) is 2.26. The highest BCUT2D eigenvalue weighted by molar-refractivity contribution is 6.50. The molecule has 0 radical (unpaired) electrons. The summed E-state index contributed by atoms with van der Waals surface area (Å²) in [6.45, 7) is 2.19. The standard InChI is InChI=1S/C9H13Cl2N3O2/c1-5-7(8(15)14(2)12-5)13-16-4-6-3-9(6,10)11/h5-6,12H,3-4H2,1-2H3. The molecule has 7 heteroatoms. The van der Waals surface area contributed by atoms with Gasteiger partial charge in [0.1, 0.15) is 10.9 Å². The first-order chi connectivity index (χ1) is 7.42. The second-order valence-corrected chi connectivity index (χ2v) is 5.69. The van der Waals surface area contributed by atoms with Crippen molar-refractivity contribution in [3.8, 4) is 0 Å². The average molecular weight is 266 g/mol. The van der Waals surface area contributed by atoms with Crippen LogP contribution in [0.2, 0.25) is 0 Å². The van der Waals surface area contributed by atoms with Crippen molar-refractivity contribution >= 4 is 34.8 Å². The van der Waals surface area contributed by atoms with Crippen LogP contribution in [0.1, 0.15) is 13.3 Å². The molecule has 2 fully saturated rings. The summed E-state index contributed by atoms with van der Waals surface area (Å²) < 4.78 is -0.666. The smallest absolute Gasteiger partial charge is 0.287 e. The topological polar surface area (TPSA) is 53.9 Å². The van der Waals surface area contributed by atoms with Gasteiger partial charge in [-0.3, -0.25) is 9.80 Å². The van der Waals surface area contributed by atoms with E-state index in [9.17, 15) is 4.79 Å². The molecule has 90 valence electrons. The Morgan fingerprint density at radius 2 is 2.31 bits per heavy atom. The van der Waals surface area contributed by atoms with E-state index in [1.807, 2.05) is 6.92 Å². The molecule has 1 amide bonds. The Kier molecular flexibility index (Phi) is 3.03. The Bertz CT molecular complexity index is 346. The number of hydrazine groups is 1. The zero-order valence-electron chi connectivity index (χ0n) is 9.04. The average Bonchev–Trinajstić information content (AvgIpc) is 2.71. The lowest BCUT2D eigenvalue weighted by molar-refractivity contribution is -0.123. The van der Waals surface area contributed by atoms with Crippen molar-refractivity contribution in [2.45, 2.75) is 23.7 Å². The second kappa shape index (κ2) is 4.05. The lowest BCUT2D eigenvalue weighted by atomic mass is 10.2. The van der Waals surface area contributed by atoms with Crippen molar-refractivity contribution in [3.63, 3.8) is 0 Å². The highest BCUT2D eigenvalue weighted by Crippen LogP contribution is 2.53. The number of carbonyl (C=O) groups excluding carboxylic acids is 1. The summed E-state index contributed by atoms with van der Waals surface area (Å²) >= 11 is 11.7. The van der Waals surface area contributed by atoms with Gasteiger partial charge in [0.2, 0.25) is 0 Å². The summed E-state index contributed by atoms with van der Waals surface area (Å²) in [5.41, 5.74) is 3.28. The fourth-order valence-corrected chi connectivity index (χ4v) is 2.03. The molecule has 1 saturated carbocycles. The van der Waals surface area contributed by atoms with E-state index >= 15 is 0 Å². The van der Waals surface area contributed by atoms with Crippen molar-refractivity contribution in [2.75, 3.05) is 13.7 Å². The molecule has 1 N–H and O–H groups in total. The Hall–Kier alpha value is -0.520. The molecule has 0 aromatic rings. The number of rotatable bonds is 3. The molecule has 2 atom stereocenters. The summed E-state index contributed by atoms with van der Waals surface area (Å²) in [6, 6.07) is -0.131. The number of amides is 1. The van der Waals surface area contributed by atoms with E-state index < -0.39 is 4.33 Å². The van der Waals surface area contributed by atoms with Crippen molar-refractivity contribution in [1.29, 1.82) is 0 Å². The van der Waals surface area contributed by atoms with Crippen LogP contribution in [0.25, 0.3) is 0 Å². The molecule has 2 rings (SSSR count). The monoisotopic (exact) mass is 265 g/mol. The van der Waals surface area contributed by atoms with Gasteiger partial charge in [-0.25, -0.2) is 5.43 Å². The molecule has 5 nitrogen and oxygen atoms in total. The van der Waals surface area contributed by atoms with Gasteiger partial charge in [-0.1, -0.05) is 5.16 Å². The van der Waals surface area contributed by atoms with E-state index in [4.69, 9.17) is 28.0 Å². The molecule has 0 bridgehead atoms. The number of nitrogens with one attached hydrogen (secondary N) is 1. The van der Waals surface area contributed by atoms with Crippen LogP contribution >= 0.6 is 23.2 Å². The summed E-state index contributed by atoms with van der Waals surface area (Å²) in [5.74, 6) is -0.0657. The van der Waals surface area contributed by atoms with Gasteiger partial charge in [0.25, 0.3) is 5.91 Å². The van der Waals surface area contributed by atoms with Crippen molar-refractivity contribution in [2.24, 2.45) is 11.1 Å². The largest absolute Gasteiger partial charge is 0.395 e. The lowest BCUT2D eigenvalue weighted by Gasteiger charge is -2.06. The van der Waals surface area contributed by atoms with Crippen LogP contribution in [0.4, 0.5) is 0 Å². The first-order valence-electron chi connectivity index (χ1n) is 5.03. The predicted molar refractivity (Wildman–Crippen MR) is 61.3 cm³/mol. The first kappa shape index (κ1) is 12.0. The Balaban J connectivity index is 1.86. The fourth-order valence-electron chi connectivity index (χ4n) is 1.53. The zero-order valence-corrected chi connectivity index (χ0v) is 10.5. The maximum Gasteiger partial charge on any atom is 0.287 e. The molecule has 2 unspecified atom stereocenters. The number of nitrogens with zero attached hydrogens (tertiary/aromatic N) is 2. The maximum atomic E-state index is 11.5. The van der Waals surface area contributed by atoms with Crippen LogP contribution in [0.5, 0.6) is 0 Å². The van der Waals surface area contributed by atoms with Crippen LogP contribution in [-0.4, -0.2) is 40.7 Å². The van der Waals surface area contributed by atoms with Crippen molar-refractivity contribution in [1.82, 2.24) is 10.4 Å². The Morgan fingerprint density at radius 3 is 2.75 bits per heavy atom. The molecule has 16 heavy (non-hydrogen) atoms. The molecular formula is C9H13Cl2N3O2. The van der Waals surface area contributed by atoms with Gasteiger partial charge in [-0.15, -0.1) is 23.2 Å². The molecule has 2 aliphatic rings. The summed E-state index contributed by atoms with van der Waals surface area (Å²) in [7, 11) is 1.64. The normalized spacial score (nSPS) is 34.6. The third-order valence-electron chi connectivity index (χ3n) is 2.72. The minimum Gasteiger partial charge on any atom is -0.395 e.